The van der Waals surface area contributed by atoms with Crippen LogP contribution in [0.4, 0.5) is 0 Å². The molecule has 0 bridgehead atoms. The fraction of sp³-hybridized carbons (Fsp3) is 0.769. The Morgan fingerprint density at radius 3 is 2.30 bits per heavy atom. The van der Waals surface area contributed by atoms with E-state index < -0.39 is 5.91 Å². The van der Waals surface area contributed by atoms with Crippen LogP contribution in [0.1, 0.15) is 26.2 Å². The summed E-state index contributed by atoms with van der Waals surface area (Å²) in [5, 5.41) is 7.22. The topological polar surface area (TPSA) is 96.5 Å². The second kappa shape index (κ2) is 8.52. The van der Waals surface area contributed by atoms with Crippen molar-refractivity contribution in [2.45, 2.75) is 32.3 Å². The van der Waals surface area contributed by atoms with Gasteiger partial charge in [0.05, 0.1) is 19.2 Å². The van der Waals surface area contributed by atoms with Gasteiger partial charge >= 0.3 is 0 Å². The molecule has 7 nitrogen and oxygen atoms in total. The molecule has 1 saturated carbocycles. The van der Waals surface area contributed by atoms with E-state index in [1.54, 1.807) is 0 Å². The summed E-state index contributed by atoms with van der Waals surface area (Å²) in [6.45, 7) is 1.89. The SMILES string of the molecule is CNC(=O)CNC(=O)CNC(=O)COC1CCC(C)C1. The van der Waals surface area contributed by atoms with Gasteiger partial charge in [-0.2, -0.15) is 0 Å². The minimum absolute atomic E-state index is 0.0277. The second-order valence-corrected chi connectivity index (χ2v) is 5.08. The van der Waals surface area contributed by atoms with Crippen molar-refractivity contribution in [1.29, 1.82) is 0 Å². The van der Waals surface area contributed by atoms with E-state index in [2.05, 4.69) is 22.9 Å². The number of hydrogen-bond donors (Lipinski definition) is 3. The van der Waals surface area contributed by atoms with Gasteiger partial charge in [-0.15, -0.1) is 0 Å². The highest BCUT2D eigenvalue weighted by Crippen LogP contribution is 2.26. The van der Waals surface area contributed by atoms with E-state index in [9.17, 15) is 14.4 Å². The van der Waals surface area contributed by atoms with E-state index in [1.165, 1.54) is 7.05 Å². The second-order valence-electron chi connectivity index (χ2n) is 5.08. The van der Waals surface area contributed by atoms with Crippen LogP contribution >= 0.6 is 0 Å². The molecule has 7 heteroatoms. The quantitative estimate of drug-likeness (QED) is 0.569. The molecule has 20 heavy (non-hydrogen) atoms. The lowest BCUT2D eigenvalue weighted by molar-refractivity contribution is -0.130. The lowest BCUT2D eigenvalue weighted by atomic mass is 10.1. The van der Waals surface area contributed by atoms with Gasteiger partial charge in [0.1, 0.15) is 6.61 Å². The summed E-state index contributed by atoms with van der Waals surface area (Å²) in [5.74, 6) is -0.363. The summed E-state index contributed by atoms with van der Waals surface area (Å²) in [5.41, 5.74) is 0. The maximum Gasteiger partial charge on any atom is 0.246 e. The summed E-state index contributed by atoms with van der Waals surface area (Å²) in [7, 11) is 1.48. The molecule has 1 rings (SSSR count). The molecule has 3 N–H and O–H groups in total. The highest BCUT2D eigenvalue weighted by atomic mass is 16.5. The lowest BCUT2D eigenvalue weighted by Gasteiger charge is -2.11. The van der Waals surface area contributed by atoms with Crippen LogP contribution in [-0.2, 0) is 19.1 Å². The molecule has 2 atom stereocenters. The van der Waals surface area contributed by atoms with E-state index in [4.69, 9.17) is 4.74 Å². The summed E-state index contributed by atoms with van der Waals surface area (Å²) in [4.78, 5) is 33.7. The highest BCUT2D eigenvalue weighted by Gasteiger charge is 2.22. The predicted molar refractivity (Wildman–Crippen MR) is 72.8 cm³/mol. The largest absolute Gasteiger partial charge is 0.368 e. The first-order valence-corrected chi connectivity index (χ1v) is 6.86. The van der Waals surface area contributed by atoms with Crippen LogP contribution in [-0.4, -0.2) is 50.6 Å². The van der Waals surface area contributed by atoms with Gasteiger partial charge in [-0.25, -0.2) is 0 Å². The molecule has 0 aliphatic heterocycles. The van der Waals surface area contributed by atoms with Gasteiger partial charge in [-0.05, 0) is 25.2 Å². The first kappa shape index (κ1) is 16.4. The van der Waals surface area contributed by atoms with Crippen molar-refractivity contribution in [3.05, 3.63) is 0 Å². The average Bonchev–Trinajstić information content (AvgIpc) is 2.85. The zero-order valence-electron chi connectivity index (χ0n) is 12.0. The normalized spacial score (nSPS) is 21.3. The summed E-state index contributed by atoms with van der Waals surface area (Å²) in [6, 6.07) is 0. The molecule has 0 aromatic heterocycles. The zero-order chi connectivity index (χ0) is 15.0. The Morgan fingerprint density at radius 2 is 1.70 bits per heavy atom. The number of likely N-dealkylation sites (N-methyl/N-ethyl adjacent to an activating group) is 1. The molecule has 0 radical (unpaired) electrons. The van der Waals surface area contributed by atoms with Crippen molar-refractivity contribution in [2.24, 2.45) is 5.92 Å². The first-order chi connectivity index (χ1) is 9.51. The number of nitrogens with one attached hydrogen (secondary N) is 3. The molecule has 0 spiro atoms. The molecule has 0 aromatic carbocycles. The zero-order valence-corrected chi connectivity index (χ0v) is 12.0. The number of ether oxygens (including phenoxy) is 1. The Morgan fingerprint density at radius 1 is 1.05 bits per heavy atom. The van der Waals surface area contributed by atoms with E-state index >= 15 is 0 Å². The Balaban J connectivity index is 2.07. The first-order valence-electron chi connectivity index (χ1n) is 6.86. The van der Waals surface area contributed by atoms with Gasteiger partial charge in [0.2, 0.25) is 17.7 Å². The van der Waals surface area contributed by atoms with Crippen molar-refractivity contribution in [1.82, 2.24) is 16.0 Å². The smallest absolute Gasteiger partial charge is 0.246 e. The Bertz CT molecular complexity index is 360. The number of carbonyl (C=O) groups is 3. The van der Waals surface area contributed by atoms with Crippen molar-refractivity contribution in [3.63, 3.8) is 0 Å². The lowest BCUT2D eigenvalue weighted by Crippen LogP contribution is -2.42. The Labute approximate surface area is 118 Å². The number of rotatable bonds is 7. The van der Waals surface area contributed by atoms with Crippen molar-refractivity contribution < 1.29 is 19.1 Å². The Kier molecular flexibility index (Phi) is 7.00. The van der Waals surface area contributed by atoms with Gasteiger partial charge in [-0.3, -0.25) is 14.4 Å². The van der Waals surface area contributed by atoms with E-state index in [-0.39, 0.29) is 37.6 Å². The number of amides is 3. The van der Waals surface area contributed by atoms with Crippen molar-refractivity contribution >= 4 is 17.7 Å². The fourth-order valence-electron chi connectivity index (χ4n) is 2.06. The highest BCUT2D eigenvalue weighted by molar-refractivity contribution is 5.88. The number of hydrogen-bond acceptors (Lipinski definition) is 4. The molecule has 1 aliphatic rings. The van der Waals surface area contributed by atoms with Crippen LogP contribution in [0.15, 0.2) is 0 Å². The van der Waals surface area contributed by atoms with Gasteiger partial charge in [0.15, 0.2) is 0 Å². The molecule has 2 unspecified atom stereocenters. The third kappa shape index (κ3) is 6.51. The van der Waals surface area contributed by atoms with E-state index in [1.807, 2.05) is 0 Å². The molecule has 1 aliphatic carbocycles. The van der Waals surface area contributed by atoms with Gasteiger partial charge < -0.3 is 20.7 Å². The number of carbonyl (C=O) groups excluding carboxylic acids is 3. The molecule has 3 amide bonds. The molecular weight excluding hydrogens is 262 g/mol. The summed E-state index contributed by atoms with van der Waals surface area (Å²) in [6.07, 6.45) is 3.26. The standard InChI is InChI=1S/C13H23N3O4/c1-9-3-4-10(5-9)20-8-13(19)16-7-12(18)15-6-11(17)14-2/h9-10H,3-8H2,1-2H3,(H,14,17)(H,15,18)(H,16,19). The third-order valence-electron chi connectivity index (χ3n) is 3.27. The summed E-state index contributed by atoms with van der Waals surface area (Å²) >= 11 is 0. The maximum atomic E-state index is 11.5. The monoisotopic (exact) mass is 285 g/mol. The van der Waals surface area contributed by atoms with Gasteiger partial charge in [-0.1, -0.05) is 6.92 Å². The fourth-order valence-corrected chi connectivity index (χ4v) is 2.06. The van der Waals surface area contributed by atoms with Crippen LogP contribution in [0.25, 0.3) is 0 Å². The van der Waals surface area contributed by atoms with E-state index in [0.29, 0.717) is 5.92 Å². The minimum atomic E-state index is -0.406. The van der Waals surface area contributed by atoms with Crippen LogP contribution in [0, 0.1) is 5.92 Å². The Hall–Kier alpha value is -1.63. The third-order valence-corrected chi connectivity index (χ3v) is 3.27. The average molecular weight is 285 g/mol. The van der Waals surface area contributed by atoms with Crippen LogP contribution in [0.2, 0.25) is 0 Å². The molecule has 0 aromatic rings. The molecular formula is C13H23N3O4. The molecule has 0 heterocycles. The van der Waals surface area contributed by atoms with Gasteiger partial charge in [0, 0.05) is 7.05 Å². The van der Waals surface area contributed by atoms with Crippen LogP contribution in [0.3, 0.4) is 0 Å². The van der Waals surface area contributed by atoms with Crippen molar-refractivity contribution in [3.8, 4) is 0 Å². The predicted octanol–water partition coefficient (Wildman–Crippen LogP) is -0.830. The van der Waals surface area contributed by atoms with Crippen LogP contribution < -0.4 is 16.0 Å². The van der Waals surface area contributed by atoms with Gasteiger partial charge in [0.25, 0.3) is 0 Å². The van der Waals surface area contributed by atoms with Crippen molar-refractivity contribution in [2.75, 3.05) is 26.7 Å². The van der Waals surface area contributed by atoms with E-state index in [0.717, 1.165) is 19.3 Å². The molecule has 1 fully saturated rings. The van der Waals surface area contributed by atoms with Crippen LogP contribution in [0.5, 0.6) is 0 Å². The minimum Gasteiger partial charge on any atom is -0.368 e. The summed E-state index contributed by atoms with van der Waals surface area (Å²) < 4.78 is 5.48. The molecule has 114 valence electrons. The molecule has 0 saturated heterocycles. The maximum absolute atomic E-state index is 11.5.